The summed E-state index contributed by atoms with van der Waals surface area (Å²) in [6.07, 6.45) is 1.43. The Hall–Kier alpha value is -2.30. The molecule has 0 aliphatic carbocycles. The summed E-state index contributed by atoms with van der Waals surface area (Å²) in [6, 6.07) is 8.30. The normalized spacial score (nSPS) is 10.1. The Morgan fingerprint density at radius 3 is 2.75 bits per heavy atom. The number of nitrogens with zero attached hydrogens (tertiary/aromatic N) is 1. The lowest BCUT2D eigenvalue weighted by molar-refractivity contribution is 0.414. The monoisotopic (exact) mass is 218 g/mol. The van der Waals surface area contributed by atoms with Crippen LogP contribution in [-0.4, -0.2) is 16.7 Å². The largest absolute Gasteiger partial charge is 0.497 e. The fraction of sp³-hybridized carbons (Fsp3) is 0.0909. The number of aromatic nitrogens is 2. The van der Waals surface area contributed by atoms with Crippen molar-refractivity contribution in [2.45, 2.75) is 0 Å². The molecule has 0 saturated carbocycles. The average molecular weight is 218 g/mol. The lowest BCUT2D eigenvalue weighted by Crippen LogP contribution is -2.27. The lowest BCUT2D eigenvalue weighted by atomic mass is 10.3. The zero-order valence-corrected chi connectivity index (χ0v) is 8.64. The third-order valence-corrected chi connectivity index (χ3v) is 2.16. The SMILES string of the molecule is COc1cccc(-n2ccc(=O)[nH]c2=O)c1. The minimum atomic E-state index is -0.472. The van der Waals surface area contributed by atoms with Crippen LogP contribution in [0.3, 0.4) is 0 Å². The smallest absolute Gasteiger partial charge is 0.332 e. The second kappa shape index (κ2) is 4.06. The number of hydrogen-bond acceptors (Lipinski definition) is 3. The summed E-state index contributed by atoms with van der Waals surface area (Å²) in [6.45, 7) is 0. The lowest BCUT2D eigenvalue weighted by Gasteiger charge is -2.06. The van der Waals surface area contributed by atoms with Crippen molar-refractivity contribution in [1.82, 2.24) is 9.55 Å². The number of hydrogen-bond donors (Lipinski definition) is 1. The molecule has 2 aromatic rings. The van der Waals surface area contributed by atoms with Gasteiger partial charge in [-0.2, -0.15) is 0 Å². The van der Waals surface area contributed by atoms with Gasteiger partial charge in [0.1, 0.15) is 5.75 Å². The van der Waals surface area contributed by atoms with Crippen molar-refractivity contribution in [3.8, 4) is 11.4 Å². The van der Waals surface area contributed by atoms with Crippen LogP contribution in [0.5, 0.6) is 5.75 Å². The van der Waals surface area contributed by atoms with Gasteiger partial charge in [-0.3, -0.25) is 14.3 Å². The highest BCUT2D eigenvalue weighted by Gasteiger charge is 2.00. The van der Waals surface area contributed by atoms with Crippen molar-refractivity contribution < 1.29 is 4.74 Å². The van der Waals surface area contributed by atoms with Gasteiger partial charge in [-0.15, -0.1) is 0 Å². The Bertz CT molecular complexity index is 613. The zero-order chi connectivity index (χ0) is 11.5. The van der Waals surface area contributed by atoms with Crippen LogP contribution >= 0.6 is 0 Å². The zero-order valence-electron chi connectivity index (χ0n) is 8.64. The van der Waals surface area contributed by atoms with Crippen LogP contribution in [0.4, 0.5) is 0 Å². The fourth-order valence-electron chi connectivity index (χ4n) is 1.38. The quantitative estimate of drug-likeness (QED) is 0.799. The molecule has 5 nitrogen and oxygen atoms in total. The summed E-state index contributed by atoms with van der Waals surface area (Å²) in [4.78, 5) is 24.6. The molecule has 1 aromatic heterocycles. The molecule has 1 N–H and O–H groups in total. The summed E-state index contributed by atoms with van der Waals surface area (Å²) in [7, 11) is 1.55. The standard InChI is InChI=1S/C11H10N2O3/c1-16-9-4-2-3-8(7-9)13-6-5-10(14)12-11(13)15/h2-7H,1H3,(H,12,14,15). The van der Waals surface area contributed by atoms with Crippen molar-refractivity contribution in [1.29, 1.82) is 0 Å². The van der Waals surface area contributed by atoms with Crippen LogP contribution in [-0.2, 0) is 0 Å². The number of ether oxygens (including phenoxy) is 1. The number of methoxy groups -OCH3 is 1. The van der Waals surface area contributed by atoms with Crippen LogP contribution in [0, 0.1) is 0 Å². The number of aromatic amines is 1. The molecule has 0 saturated heterocycles. The van der Waals surface area contributed by atoms with Gasteiger partial charge < -0.3 is 4.74 Å². The molecule has 0 amide bonds. The molecule has 5 heteroatoms. The van der Waals surface area contributed by atoms with Crippen LogP contribution in [0.15, 0.2) is 46.1 Å². The van der Waals surface area contributed by atoms with Gasteiger partial charge in [-0.25, -0.2) is 4.79 Å². The molecule has 0 aliphatic rings. The fourth-order valence-corrected chi connectivity index (χ4v) is 1.38. The van der Waals surface area contributed by atoms with Crippen molar-refractivity contribution in [2.75, 3.05) is 7.11 Å². The van der Waals surface area contributed by atoms with E-state index in [0.717, 1.165) is 0 Å². The molecule has 2 rings (SSSR count). The Morgan fingerprint density at radius 1 is 1.25 bits per heavy atom. The maximum atomic E-state index is 11.5. The summed E-state index contributed by atoms with van der Waals surface area (Å²) in [5, 5.41) is 0. The molecule has 0 radical (unpaired) electrons. The Labute approximate surface area is 90.9 Å². The van der Waals surface area contributed by atoms with Gasteiger partial charge >= 0.3 is 5.69 Å². The molecule has 1 aromatic carbocycles. The summed E-state index contributed by atoms with van der Waals surface area (Å²) in [5.41, 5.74) is -0.245. The predicted octanol–water partition coefficient (Wildman–Crippen LogP) is 0.534. The summed E-state index contributed by atoms with van der Waals surface area (Å²) < 4.78 is 6.39. The second-order valence-electron chi connectivity index (χ2n) is 3.18. The van der Waals surface area contributed by atoms with Gasteiger partial charge in [0.25, 0.3) is 5.56 Å². The minimum absolute atomic E-state index is 0.413. The van der Waals surface area contributed by atoms with Crippen LogP contribution in [0.2, 0.25) is 0 Å². The molecule has 0 bridgehead atoms. The van der Waals surface area contributed by atoms with Gasteiger partial charge in [0.05, 0.1) is 12.8 Å². The molecule has 0 aliphatic heterocycles. The van der Waals surface area contributed by atoms with E-state index < -0.39 is 11.2 Å². The van der Waals surface area contributed by atoms with Gasteiger partial charge in [0.2, 0.25) is 0 Å². The first kappa shape index (κ1) is 10.2. The molecule has 0 fully saturated rings. The Balaban J connectivity index is 2.58. The first-order chi connectivity index (χ1) is 7.70. The third-order valence-electron chi connectivity index (χ3n) is 2.16. The first-order valence-electron chi connectivity index (χ1n) is 4.67. The Kier molecular flexibility index (Phi) is 2.59. The van der Waals surface area contributed by atoms with Gasteiger partial charge in [-0.05, 0) is 12.1 Å². The van der Waals surface area contributed by atoms with Crippen molar-refractivity contribution >= 4 is 0 Å². The second-order valence-corrected chi connectivity index (χ2v) is 3.18. The van der Waals surface area contributed by atoms with E-state index in [9.17, 15) is 9.59 Å². The Morgan fingerprint density at radius 2 is 2.06 bits per heavy atom. The predicted molar refractivity (Wildman–Crippen MR) is 59.2 cm³/mol. The van der Waals surface area contributed by atoms with Crippen LogP contribution in [0.1, 0.15) is 0 Å². The van der Waals surface area contributed by atoms with E-state index in [2.05, 4.69) is 4.98 Å². The van der Waals surface area contributed by atoms with E-state index in [4.69, 9.17) is 4.74 Å². The molecule has 0 atom stereocenters. The molecule has 0 unspecified atom stereocenters. The first-order valence-corrected chi connectivity index (χ1v) is 4.67. The van der Waals surface area contributed by atoms with E-state index in [1.165, 1.54) is 16.8 Å². The molecule has 16 heavy (non-hydrogen) atoms. The number of benzene rings is 1. The van der Waals surface area contributed by atoms with E-state index >= 15 is 0 Å². The molecule has 0 spiro atoms. The van der Waals surface area contributed by atoms with E-state index in [-0.39, 0.29) is 0 Å². The molecule has 82 valence electrons. The van der Waals surface area contributed by atoms with E-state index in [0.29, 0.717) is 11.4 Å². The average Bonchev–Trinajstić information content (AvgIpc) is 2.29. The highest BCUT2D eigenvalue weighted by molar-refractivity contribution is 5.38. The summed E-state index contributed by atoms with van der Waals surface area (Å²) in [5.74, 6) is 0.649. The number of rotatable bonds is 2. The maximum absolute atomic E-state index is 11.5. The highest BCUT2D eigenvalue weighted by atomic mass is 16.5. The van der Waals surface area contributed by atoms with Crippen molar-refractivity contribution in [2.24, 2.45) is 0 Å². The van der Waals surface area contributed by atoms with E-state index in [1.807, 2.05) is 0 Å². The molecular weight excluding hydrogens is 208 g/mol. The van der Waals surface area contributed by atoms with Crippen molar-refractivity contribution in [3.05, 3.63) is 57.4 Å². The topological polar surface area (TPSA) is 64.1 Å². The molecular formula is C11H10N2O3. The van der Waals surface area contributed by atoms with Gasteiger partial charge in [0.15, 0.2) is 0 Å². The minimum Gasteiger partial charge on any atom is -0.497 e. The number of H-pyrrole nitrogens is 1. The van der Waals surface area contributed by atoms with Gasteiger partial charge in [0, 0.05) is 18.3 Å². The summed E-state index contributed by atoms with van der Waals surface area (Å²) >= 11 is 0. The molecule has 1 heterocycles. The van der Waals surface area contributed by atoms with Gasteiger partial charge in [-0.1, -0.05) is 6.07 Å². The van der Waals surface area contributed by atoms with Crippen LogP contribution < -0.4 is 16.0 Å². The third kappa shape index (κ3) is 1.88. The highest BCUT2D eigenvalue weighted by Crippen LogP contribution is 2.14. The maximum Gasteiger partial charge on any atom is 0.332 e. The van der Waals surface area contributed by atoms with Crippen LogP contribution in [0.25, 0.3) is 5.69 Å². The number of nitrogens with one attached hydrogen (secondary N) is 1. The van der Waals surface area contributed by atoms with E-state index in [1.54, 1.807) is 31.4 Å². The van der Waals surface area contributed by atoms with Crippen molar-refractivity contribution in [3.63, 3.8) is 0 Å².